The third-order valence-electron chi connectivity index (χ3n) is 2.33. The van der Waals surface area contributed by atoms with Crippen LogP contribution >= 0.6 is 11.6 Å². The molecule has 0 fully saturated rings. The van der Waals surface area contributed by atoms with E-state index in [1.165, 1.54) is 18.4 Å². The van der Waals surface area contributed by atoms with Crippen molar-refractivity contribution in [3.8, 4) is 0 Å². The first-order valence-corrected chi connectivity index (χ1v) is 5.57. The van der Waals surface area contributed by atoms with E-state index >= 15 is 0 Å². The molecule has 1 aromatic carbocycles. The van der Waals surface area contributed by atoms with E-state index in [2.05, 4.69) is 15.0 Å². The van der Waals surface area contributed by atoms with E-state index in [0.29, 0.717) is 13.1 Å². The second kappa shape index (κ2) is 5.61. The Labute approximate surface area is 108 Å². The Morgan fingerprint density at radius 1 is 1.39 bits per heavy atom. The van der Waals surface area contributed by atoms with Crippen LogP contribution in [0, 0.1) is 10.1 Å². The molecular weight excluding hydrogens is 258 g/mol. The lowest BCUT2D eigenvalue weighted by Crippen LogP contribution is -2.13. The number of nitrogens with zero attached hydrogens (tertiary/aromatic N) is 2. The van der Waals surface area contributed by atoms with Gasteiger partial charge in [0.1, 0.15) is 11.3 Å². The van der Waals surface area contributed by atoms with Gasteiger partial charge < -0.3 is 9.84 Å². The van der Waals surface area contributed by atoms with Crippen molar-refractivity contribution in [1.29, 1.82) is 0 Å². The summed E-state index contributed by atoms with van der Waals surface area (Å²) in [5.41, 5.74) is 1.48. The van der Waals surface area contributed by atoms with E-state index in [1.54, 1.807) is 12.1 Å². The fraction of sp³-hybridized carbons (Fsp3) is 0.182. The fourth-order valence-electron chi connectivity index (χ4n) is 1.47. The fourth-order valence-corrected chi connectivity index (χ4v) is 1.66. The number of benzene rings is 1. The molecule has 0 spiro atoms. The largest absolute Gasteiger partial charge is 0.364 e. The Kier molecular flexibility index (Phi) is 3.91. The summed E-state index contributed by atoms with van der Waals surface area (Å²) in [4.78, 5) is 10.2. The lowest BCUT2D eigenvalue weighted by Gasteiger charge is -2.03. The van der Waals surface area contributed by atoms with Crippen molar-refractivity contribution >= 4 is 17.3 Å². The lowest BCUT2D eigenvalue weighted by atomic mass is 10.2. The van der Waals surface area contributed by atoms with Crippen molar-refractivity contribution in [1.82, 2.24) is 10.5 Å². The van der Waals surface area contributed by atoms with Crippen molar-refractivity contribution in [2.24, 2.45) is 0 Å². The topological polar surface area (TPSA) is 81.2 Å². The summed E-state index contributed by atoms with van der Waals surface area (Å²) in [5.74, 6) is 0. The monoisotopic (exact) mass is 267 g/mol. The Balaban J connectivity index is 1.97. The Morgan fingerprint density at radius 2 is 2.22 bits per heavy atom. The third kappa shape index (κ3) is 3.06. The molecule has 0 saturated heterocycles. The summed E-state index contributed by atoms with van der Waals surface area (Å²) < 4.78 is 4.69. The SMILES string of the molecule is O=[N+]([O-])c1cc(CNCc2ccon2)ccc1Cl. The minimum atomic E-state index is -0.497. The van der Waals surface area contributed by atoms with E-state index in [-0.39, 0.29) is 10.7 Å². The van der Waals surface area contributed by atoms with Crippen LogP contribution in [0.1, 0.15) is 11.3 Å². The molecule has 0 unspecified atom stereocenters. The Hall–Kier alpha value is -1.92. The number of nitrogens with one attached hydrogen (secondary N) is 1. The molecule has 0 radical (unpaired) electrons. The lowest BCUT2D eigenvalue weighted by molar-refractivity contribution is -0.384. The van der Waals surface area contributed by atoms with Crippen LogP contribution < -0.4 is 5.32 Å². The Morgan fingerprint density at radius 3 is 2.89 bits per heavy atom. The minimum Gasteiger partial charge on any atom is -0.364 e. The standard InChI is InChI=1S/C11H10ClN3O3/c12-10-2-1-8(5-11(10)15(16)17)6-13-7-9-3-4-18-14-9/h1-5,13H,6-7H2. The molecule has 0 aliphatic carbocycles. The van der Waals surface area contributed by atoms with Crippen molar-refractivity contribution in [3.05, 3.63) is 56.9 Å². The van der Waals surface area contributed by atoms with Gasteiger partial charge in [-0.25, -0.2) is 0 Å². The van der Waals surface area contributed by atoms with Gasteiger partial charge in [-0.1, -0.05) is 22.8 Å². The molecule has 0 atom stereocenters. The number of aromatic nitrogens is 1. The predicted octanol–water partition coefficient (Wildman–Crippen LogP) is 2.53. The van der Waals surface area contributed by atoms with Gasteiger partial charge in [0.15, 0.2) is 0 Å². The number of hydrogen-bond acceptors (Lipinski definition) is 5. The van der Waals surface area contributed by atoms with Gasteiger partial charge in [-0.15, -0.1) is 0 Å². The van der Waals surface area contributed by atoms with Gasteiger partial charge in [0.2, 0.25) is 0 Å². The summed E-state index contributed by atoms with van der Waals surface area (Å²) in [5, 5.41) is 17.7. The number of nitro benzene ring substituents is 1. The average Bonchev–Trinajstić information content (AvgIpc) is 2.84. The van der Waals surface area contributed by atoms with Crippen LogP contribution in [0.25, 0.3) is 0 Å². The van der Waals surface area contributed by atoms with Gasteiger partial charge in [0, 0.05) is 25.2 Å². The van der Waals surface area contributed by atoms with Gasteiger partial charge in [-0.2, -0.15) is 0 Å². The molecule has 18 heavy (non-hydrogen) atoms. The van der Waals surface area contributed by atoms with Crippen molar-refractivity contribution in [3.63, 3.8) is 0 Å². The summed E-state index contributed by atoms with van der Waals surface area (Å²) in [7, 11) is 0. The molecule has 1 heterocycles. The number of nitro groups is 1. The maximum atomic E-state index is 10.7. The Bertz CT molecular complexity index is 542. The highest BCUT2D eigenvalue weighted by atomic mass is 35.5. The molecule has 0 saturated carbocycles. The quantitative estimate of drug-likeness (QED) is 0.665. The van der Waals surface area contributed by atoms with E-state index in [1.807, 2.05) is 0 Å². The smallest absolute Gasteiger partial charge is 0.288 e. The van der Waals surface area contributed by atoms with E-state index in [4.69, 9.17) is 11.6 Å². The third-order valence-corrected chi connectivity index (χ3v) is 2.65. The van der Waals surface area contributed by atoms with Crippen molar-refractivity contribution in [2.75, 3.05) is 0 Å². The van der Waals surface area contributed by atoms with Crippen LogP contribution in [-0.2, 0) is 13.1 Å². The van der Waals surface area contributed by atoms with E-state index < -0.39 is 4.92 Å². The van der Waals surface area contributed by atoms with Crippen LogP contribution in [0.4, 0.5) is 5.69 Å². The van der Waals surface area contributed by atoms with Gasteiger partial charge >= 0.3 is 0 Å². The summed E-state index contributed by atoms with van der Waals surface area (Å²) >= 11 is 5.72. The number of halogens is 1. The maximum Gasteiger partial charge on any atom is 0.288 e. The molecule has 2 aromatic rings. The van der Waals surface area contributed by atoms with Gasteiger partial charge in [0.25, 0.3) is 5.69 Å². The first-order chi connectivity index (χ1) is 8.66. The molecule has 1 aromatic heterocycles. The van der Waals surface area contributed by atoms with Gasteiger partial charge in [0.05, 0.1) is 10.6 Å². The molecule has 6 nitrogen and oxygen atoms in total. The molecule has 7 heteroatoms. The van der Waals surface area contributed by atoms with Crippen molar-refractivity contribution < 1.29 is 9.45 Å². The van der Waals surface area contributed by atoms with Gasteiger partial charge in [-0.05, 0) is 11.6 Å². The molecule has 0 aliphatic rings. The summed E-state index contributed by atoms with van der Waals surface area (Å²) in [6.45, 7) is 1.03. The van der Waals surface area contributed by atoms with Crippen LogP contribution in [0.15, 0.2) is 35.1 Å². The van der Waals surface area contributed by atoms with E-state index in [0.717, 1.165) is 11.3 Å². The average molecular weight is 268 g/mol. The molecule has 0 aliphatic heterocycles. The van der Waals surface area contributed by atoms with Crippen molar-refractivity contribution in [2.45, 2.75) is 13.1 Å². The zero-order valence-corrected chi connectivity index (χ0v) is 10.1. The molecule has 94 valence electrons. The molecule has 0 bridgehead atoms. The highest BCUT2D eigenvalue weighted by molar-refractivity contribution is 6.32. The molecule has 2 rings (SSSR count). The highest BCUT2D eigenvalue weighted by Crippen LogP contribution is 2.24. The summed E-state index contributed by atoms with van der Waals surface area (Å²) in [6, 6.07) is 6.47. The molecular formula is C11H10ClN3O3. The zero-order chi connectivity index (χ0) is 13.0. The number of rotatable bonds is 5. The molecule has 0 amide bonds. The maximum absolute atomic E-state index is 10.7. The summed E-state index contributed by atoms with van der Waals surface area (Å²) in [6.07, 6.45) is 1.49. The predicted molar refractivity (Wildman–Crippen MR) is 65.2 cm³/mol. The molecule has 1 N–H and O–H groups in total. The van der Waals surface area contributed by atoms with Gasteiger partial charge in [-0.3, -0.25) is 10.1 Å². The second-order valence-electron chi connectivity index (χ2n) is 3.64. The second-order valence-corrected chi connectivity index (χ2v) is 4.04. The highest BCUT2D eigenvalue weighted by Gasteiger charge is 2.12. The zero-order valence-electron chi connectivity index (χ0n) is 9.30. The first kappa shape index (κ1) is 12.5. The van der Waals surface area contributed by atoms with Crippen LogP contribution in [0.5, 0.6) is 0 Å². The van der Waals surface area contributed by atoms with Crippen LogP contribution in [0.3, 0.4) is 0 Å². The minimum absolute atomic E-state index is 0.0857. The van der Waals surface area contributed by atoms with Crippen LogP contribution in [-0.4, -0.2) is 10.1 Å². The number of hydrogen-bond donors (Lipinski definition) is 1. The first-order valence-electron chi connectivity index (χ1n) is 5.19. The van der Waals surface area contributed by atoms with E-state index in [9.17, 15) is 10.1 Å². The normalized spacial score (nSPS) is 10.5. The van der Waals surface area contributed by atoms with Crippen LogP contribution in [0.2, 0.25) is 5.02 Å².